The highest BCUT2D eigenvalue weighted by atomic mass is 35.5. The topological polar surface area (TPSA) is 52.3 Å². The average Bonchev–Trinajstić information content (AvgIpc) is 2.48. The van der Waals surface area contributed by atoms with Crippen LogP contribution in [0.4, 0.5) is 0 Å². The van der Waals surface area contributed by atoms with Gasteiger partial charge in [-0.05, 0) is 0 Å². The summed E-state index contributed by atoms with van der Waals surface area (Å²) in [6.45, 7) is 1.76. The first kappa shape index (κ1) is 9.72. The fraction of sp³-hybridized carbons (Fsp3) is 0.833. The van der Waals surface area contributed by atoms with Crippen LogP contribution in [0.5, 0.6) is 0 Å². The highest BCUT2D eigenvalue weighted by Crippen LogP contribution is 2.33. The standard InChI is InChI=1S/C6H11NO2.ClH/c1-2-5(8)9-6(7)3-4-6;/h2-4,7H2,1H3;1H. The summed E-state index contributed by atoms with van der Waals surface area (Å²) in [7, 11) is 0. The van der Waals surface area contributed by atoms with Crippen molar-refractivity contribution in [2.75, 3.05) is 0 Å². The van der Waals surface area contributed by atoms with Crippen LogP contribution in [0.3, 0.4) is 0 Å². The third-order valence-electron chi connectivity index (χ3n) is 1.35. The lowest BCUT2D eigenvalue weighted by atomic mass is 10.5. The van der Waals surface area contributed by atoms with Gasteiger partial charge in [-0.15, -0.1) is 12.4 Å². The van der Waals surface area contributed by atoms with Crippen molar-refractivity contribution in [3.05, 3.63) is 0 Å². The van der Waals surface area contributed by atoms with Gasteiger partial charge >= 0.3 is 5.97 Å². The Morgan fingerprint density at radius 2 is 2.20 bits per heavy atom. The van der Waals surface area contributed by atoms with Crippen LogP contribution < -0.4 is 5.73 Å². The first-order chi connectivity index (χ1) is 4.16. The Bertz CT molecular complexity index is 134. The molecule has 0 saturated heterocycles. The SMILES string of the molecule is CCC(=O)OC1(N)CC1.Cl. The number of hydrogen-bond acceptors (Lipinski definition) is 3. The number of hydrogen-bond donors (Lipinski definition) is 1. The second kappa shape index (κ2) is 3.21. The molecule has 1 aliphatic rings. The van der Waals surface area contributed by atoms with Crippen LogP contribution in [0.1, 0.15) is 26.2 Å². The highest BCUT2D eigenvalue weighted by Gasteiger charge is 2.42. The van der Waals surface area contributed by atoms with E-state index in [0.717, 1.165) is 12.8 Å². The minimum Gasteiger partial charge on any atom is -0.444 e. The summed E-state index contributed by atoms with van der Waals surface area (Å²) in [6.07, 6.45) is 2.05. The molecule has 1 fully saturated rings. The lowest BCUT2D eigenvalue weighted by molar-refractivity contribution is -0.150. The van der Waals surface area contributed by atoms with Crippen molar-refractivity contribution in [2.45, 2.75) is 31.9 Å². The number of halogens is 1. The van der Waals surface area contributed by atoms with E-state index in [9.17, 15) is 4.79 Å². The summed E-state index contributed by atoms with van der Waals surface area (Å²) < 4.78 is 4.84. The number of ether oxygens (including phenoxy) is 1. The van der Waals surface area contributed by atoms with Crippen LogP contribution in [0.15, 0.2) is 0 Å². The van der Waals surface area contributed by atoms with Gasteiger partial charge < -0.3 is 4.74 Å². The van der Waals surface area contributed by atoms with E-state index in [2.05, 4.69) is 0 Å². The molecule has 0 amide bonds. The maximum absolute atomic E-state index is 10.6. The van der Waals surface area contributed by atoms with Crippen molar-refractivity contribution in [3.8, 4) is 0 Å². The van der Waals surface area contributed by atoms with Crippen molar-refractivity contribution in [2.24, 2.45) is 5.73 Å². The molecular weight excluding hydrogens is 154 g/mol. The van der Waals surface area contributed by atoms with Crippen LogP contribution in [0.2, 0.25) is 0 Å². The molecule has 0 aliphatic heterocycles. The predicted octanol–water partition coefficient (Wildman–Crippen LogP) is 0.810. The molecule has 1 rings (SSSR count). The number of rotatable bonds is 2. The summed E-state index contributed by atoms with van der Waals surface area (Å²) >= 11 is 0. The number of carbonyl (C=O) groups excluding carboxylic acids is 1. The average molecular weight is 166 g/mol. The van der Waals surface area contributed by atoms with E-state index in [0.29, 0.717) is 6.42 Å². The maximum Gasteiger partial charge on any atom is 0.307 e. The zero-order chi connectivity index (χ0) is 6.91. The number of esters is 1. The molecule has 0 bridgehead atoms. The largest absolute Gasteiger partial charge is 0.444 e. The normalized spacial score (nSPS) is 19.0. The van der Waals surface area contributed by atoms with E-state index < -0.39 is 5.72 Å². The molecule has 0 spiro atoms. The third-order valence-corrected chi connectivity index (χ3v) is 1.35. The molecular formula is C6H12ClNO2. The molecule has 1 aliphatic carbocycles. The molecule has 0 aromatic heterocycles. The van der Waals surface area contributed by atoms with Crippen molar-refractivity contribution >= 4 is 18.4 Å². The second-order valence-corrected chi connectivity index (χ2v) is 2.39. The van der Waals surface area contributed by atoms with E-state index in [1.165, 1.54) is 0 Å². The van der Waals surface area contributed by atoms with Gasteiger partial charge in [-0.25, -0.2) is 0 Å². The fourth-order valence-corrected chi connectivity index (χ4v) is 0.524. The Balaban J connectivity index is 0.000000810. The summed E-state index contributed by atoms with van der Waals surface area (Å²) in [5.41, 5.74) is 4.90. The molecule has 0 aromatic rings. The van der Waals surface area contributed by atoms with Crippen LogP contribution >= 0.6 is 12.4 Å². The van der Waals surface area contributed by atoms with E-state index in [-0.39, 0.29) is 18.4 Å². The smallest absolute Gasteiger partial charge is 0.307 e. The van der Waals surface area contributed by atoms with Crippen LogP contribution in [0.25, 0.3) is 0 Å². The molecule has 0 atom stereocenters. The van der Waals surface area contributed by atoms with E-state index in [1.807, 2.05) is 0 Å². The lowest BCUT2D eigenvalue weighted by Crippen LogP contribution is -2.28. The molecule has 2 N–H and O–H groups in total. The Morgan fingerprint density at radius 1 is 1.70 bits per heavy atom. The van der Waals surface area contributed by atoms with Gasteiger partial charge in [-0.2, -0.15) is 0 Å². The zero-order valence-electron chi connectivity index (χ0n) is 5.92. The molecule has 0 unspecified atom stereocenters. The van der Waals surface area contributed by atoms with Gasteiger partial charge in [0.2, 0.25) is 0 Å². The highest BCUT2D eigenvalue weighted by molar-refractivity contribution is 5.85. The molecule has 0 aromatic carbocycles. The van der Waals surface area contributed by atoms with Gasteiger partial charge in [0.25, 0.3) is 0 Å². The van der Waals surface area contributed by atoms with E-state index in [4.69, 9.17) is 10.5 Å². The monoisotopic (exact) mass is 165 g/mol. The molecule has 4 heteroatoms. The summed E-state index contributed by atoms with van der Waals surface area (Å²) in [4.78, 5) is 10.6. The minimum absolute atomic E-state index is 0. The Hall–Kier alpha value is -0.280. The Kier molecular flexibility index (Phi) is 3.12. The Labute approximate surface area is 66.3 Å². The molecule has 3 nitrogen and oxygen atoms in total. The van der Waals surface area contributed by atoms with E-state index >= 15 is 0 Å². The predicted molar refractivity (Wildman–Crippen MR) is 39.8 cm³/mol. The van der Waals surface area contributed by atoms with Crippen molar-refractivity contribution in [3.63, 3.8) is 0 Å². The first-order valence-electron chi connectivity index (χ1n) is 3.17. The summed E-state index contributed by atoms with van der Waals surface area (Å²) in [5.74, 6) is -0.199. The molecule has 0 radical (unpaired) electrons. The van der Waals surface area contributed by atoms with Crippen molar-refractivity contribution in [1.82, 2.24) is 0 Å². The van der Waals surface area contributed by atoms with Gasteiger partial charge in [0, 0.05) is 19.3 Å². The Morgan fingerprint density at radius 3 is 2.50 bits per heavy atom. The van der Waals surface area contributed by atoms with Gasteiger partial charge in [0.05, 0.1) is 0 Å². The van der Waals surface area contributed by atoms with Gasteiger partial charge in [-0.3, -0.25) is 10.5 Å². The lowest BCUT2D eigenvalue weighted by Gasteiger charge is -2.08. The number of nitrogens with two attached hydrogens (primary N) is 1. The zero-order valence-corrected chi connectivity index (χ0v) is 6.74. The van der Waals surface area contributed by atoms with Gasteiger partial charge in [0.1, 0.15) is 0 Å². The third kappa shape index (κ3) is 2.54. The van der Waals surface area contributed by atoms with Crippen LogP contribution in [0, 0.1) is 0 Å². The quantitative estimate of drug-likeness (QED) is 0.487. The summed E-state index contributed by atoms with van der Waals surface area (Å²) in [6, 6.07) is 0. The van der Waals surface area contributed by atoms with Crippen molar-refractivity contribution in [1.29, 1.82) is 0 Å². The molecule has 10 heavy (non-hydrogen) atoms. The second-order valence-electron chi connectivity index (χ2n) is 2.39. The van der Waals surface area contributed by atoms with Crippen LogP contribution in [-0.4, -0.2) is 11.7 Å². The van der Waals surface area contributed by atoms with Crippen molar-refractivity contribution < 1.29 is 9.53 Å². The molecule has 0 heterocycles. The van der Waals surface area contributed by atoms with Gasteiger partial charge in [0.15, 0.2) is 5.72 Å². The molecule has 1 saturated carbocycles. The molecule has 60 valence electrons. The van der Waals surface area contributed by atoms with Crippen LogP contribution in [-0.2, 0) is 9.53 Å². The van der Waals surface area contributed by atoms with E-state index in [1.54, 1.807) is 6.92 Å². The summed E-state index contributed by atoms with van der Waals surface area (Å²) in [5, 5.41) is 0. The van der Waals surface area contributed by atoms with Gasteiger partial charge in [-0.1, -0.05) is 6.92 Å². The number of carbonyl (C=O) groups is 1. The minimum atomic E-state index is -0.576. The fourth-order valence-electron chi connectivity index (χ4n) is 0.524. The maximum atomic E-state index is 10.6. The first-order valence-corrected chi connectivity index (χ1v) is 3.17.